The van der Waals surface area contributed by atoms with Crippen molar-refractivity contribution in [1.82, 2.24) is 10.2 Å². The molecule has 1 heterocycles. The second-order valence-corrected chi connectivity index (χ2v) is 4.84. The van der Waals surface area contributed by atoms with Crippen LogP contribution < -0.4 is 5.32 Å². The zero-order chi connectivity index (χ0) is 14.5. The van der Waals surface area contributed by atoms with E-state index >= 15 is 0 Å². The summed E-state index contributed by atoms with van der Waals surface area (Å²) in [6.07, 6.45) is -0.0962. The lowest BCUT2D eigenvalue weighted by atomic mass is 10.0. The van der Waals surface area contributed by atoms with E-state index in [0.717, 1.165) is 5.56 Å². The van der Waals surface area contributed by atoms with Crippen molar-refractivity contribution in [2.45, 2.75) is 26.0 Å². The molecule has 0 aliphatic carbocycles. The molecule has 0 saturated carbocycles. The molecule has 5 heteroatoms. The van der Waals surface area contributed by atoms with Crippen LogP contribution in [0.1, 0.15) is 25.5 Å². The molecular weight excluding hydrogens is 256 g/mol. The fraction of sp³-hybridized carbons (Fsp3) is 0.467. The molecule has 5 nitrogen and oxygen atoms in total. The molecule has 1 N–H and O–H groups in total. The highest BCUT2D eigenvalue weighted by Crippen LogP contribution is 2.24. The van der Waals surface area contributed by atoms with Gasteiger partial charge < -0.3 is 15.0 Å². The van der Waals surface area contributed by atoms with Crippen LogP contribution in [0.2, 0.25) is 0 Å². The van der Waals surface area contributed by atoms with Crippen molar-refractivity contribution in [3.63, 3.8) is 0 Å². The van der Waals surface area contributed by atoms with E-state index in [2.05, 4.69) is 5.32 Å². The van der Waals surface area contributed by atoms with Gasteiger partial charge in [-0.25, -0.2) is 0 Å². The van der Waals surface area contributed by atoms with E-state index in [1.807, 2.05) is 44.2 Å². The lowest BCUT2D eigenvalue weighted by Crippen LogP contribution is -2.55. The number of benzene rings is 1. The Labute approximate surface area is 118 Å². The third-order valence-corrected chi connectivity index (χ3v) is 3.31. The molecule has 1 aliphatic heterocycles. The molecule has 2 atom stereocenters. The molecule has 1 fully saturated rings. The van der Waals surface area contributed by atoms with Crippen molar-refractivity contribution in [1.29, 1.82) is 0 Å². The summed E-state index contributed by atoms with van der Waals surface area (Å²) in [7, 11) is 0. The maximum absolute atomic E-state index is 12.1. The van der Waals surface area contributed by atoms with Crippen molar-refractivity contribution in [3.8, 4) is 0 Å². The number of hydrogen-bond donors (Lipinski definition) is 1. The molecule has 1 aromatic rings. The number of amides is 2. The summed E-state index contributed by atoms with van der Waals surface area (Å²) < 4.78 is 5.49. The molecule has 20 heavy (non-hydrogen) atoms. The molecule has 0 spiro atoms. The predicted octanol–water partition coefficient (Wildman–Crippen LogP) is 1.11. The van der Waals surface area contributed by atoms with E-state index in [-0.39, 0.29) is 24.5 Å². The summed E-state index contributed by atoms with van der Waals surface area (Å²) in [5.41, 5.74) is 0.821. The molecule has 1 aliphatic rings. The Bertz CT molecular complexity index is 475. The van der Waals surface area contributed by atoms with Gasteiger partial charge in [0.05, 0.1) is 12.6 Å². The Morgan fingerprint density at radius 2 is 2.05 bits per heavy atom. The Kier molecular flexibility index (Phi) is 4.74. The van der Waals surface area contributed by atoms with Gasteiger partial charge in [0.15, 0.2) is 0 Å². The van der Waals surface area contributed by atoms with Crippen molar-refractivity contribution in [3.05, 3.63) is 35.9 Å². The summed E-state index contributed by atoms with van der Waals surface area (Å²) in [6.45, 7) is 4.88. The van der Waals surface area contributed by atoms with Crippen LogP contribution in [0.4, 0.5) is 0 Å². The van der Waals surface area contributed by atoms with E-state index < -0.39 is 6.04 Å². The van der Waals surface area contributed by atoms with Crippen molar-refractivity contribution >= 4 is 11.8 Å². The van der Waals surface area contributed by atoms with E-state index in [9.17, 15) is 9.59 Å². The zero-order valence-electron chi connectivity index (χ0n) is 11.8. The number of nitrogens with zero attached hydrogens (tertiary/aromatic N) is 1. The number of carbonyl (C=O) groups is 2. The minimum atomic E-state index is -0.569. The van der Waals surface area contributed by atoms with Gasteiger partial charge in [0, 0.05) is 13.2 Å². The van der Waals surface area contributed by atoms with Crippen LogP contribution >= 0.6 is 0 Å². The molecule has 1 aromatic carbocycles. The first-order chi connectivity index (χ1) is 9.63. The second kappa shape index (κ2) is 6.52. The van der Waals surface area contributed by atoms with Crippen LogP contribution in [0, 0.1) is 0 Å². The number of carbonyl (C=O) groups excluding carboxylic acids is 2. The maximum Gasteiger partial charge on any atom is 0.247 e. The quantitative estimate of drug-likeness (QED) is 0.876. The minimum absolute atomic E-state index is 0.0566. The van der Waals surface area contributed by atoms with Crippen LogP contribution in [0.5, 0.6) is 0 Å². The lowest BCUT2D eigenvalue weighted by Gasteiger charge is -2.36. The van der Waals surface area contributed by atoms with Crippen molar-refractivity contribution < 1.29 is 14.3 Å². The highest BCUT2D eigenvalue weighted by atomic mass is 16.5. The molecule has 0 radical (unpaired) electrons. The Hall–Kier alpha value is -1.88. The van der Waals surface area contributed by atoms with Crippen LogP contribution in [0.3, 0.4) is 0 Å². The van der Waals surface area contributed by atoms with E-state index in [1.165, 1.54) is 0 Å². The van der Waals surface area contributed by atoms with E-state index in [4.69, 9.17) is 4.74 Å². The second-order valence-electron chi connectivity index (χ2n) is 4.84. The Morgan fingerprint density at radius 3 is 2.70 bits per heavy atom. The van der Waals surface area contributed by atoms with Gasteiger partial charge in [0.1, 0.15) is 6.04 Å². The van der Waals surface area contributed by atoms with E-state index in [1.54, 1.807) is 4.90 Å². The van der Waals surface area contributed by atoms with Gasteiger partial charge in [0.2, 0.25) is 11.8 Å². The van der Waals surface area contributed by atoms with E-state index in [0.29, 0.717) is 13.2 Å². The SMILES string of the molecule is CCOC(C)CN1C(=O)CNC(=O)C1c1ccccc1. The summed E-state index contributed by atoms with van der Waals surface area (Å²) in [4.78, 5) is 25.9. The molecule has 0 aromatic heterocycles. The van der Waals surface area contributed by atoms with Crippen LogP contribution in [-0.4, -0.2) is 42.5 Å². The van der Waals surface area contributed by atoms with Gasteiger partial charge >= 0.3 is 0 Å². The predicted molar refractivity (Wildman–Crippen MR) is 75.0 cm³/mol. The standard InChI is InChI=1S/C15H20N2O3/c1-3-20-11(2)10-17-13(18)9-16-15(19)14(17)12-7-5-4-6-8-12/h4-8,11,14H,3,9-10H2,1-2H3,(H,16,19). The fourth-order valence-corrected chi connectivity index (χ4v) is 2.43. The first-order valence-corrected chi connectivity index (χ1v) is 6.87. The summed E-state index contributed by atoms with van der Waals surface area (Å²) in [6, 6.07) is 8.78. The van der Waals surface area contributed by atoms with Gasteiger partial charge in [-0.1, -0.05) is 30.3 Å². The highest BCUT2D eigenvalue weighted by Gasteiger charge is 2.36. The average molecular weight is 276 g/mol. The van der Waals surface area contributed by atoms with Crippen molar-refractivity contribution in [2.75, 3.05) is 19.7 Å². The molecule has 1 saturated heterocycles. The molecule has 2 unspecified atom stereocenters. The third kappa shape index (κ3) is 3.17. The smallest absolute Gasteiger partial charge is 0.247 e. The maximum atomic E-state index is 12.1. The van der Waals surface area contributed by atoms with Gasteiger partial charge in [-0.05, 0) is 19.4 Å². The molecule has 0 bridgehead atoms. The fourth-order valence-electron chi connectivity index (χ4n) is 2.43. The first kappa shape index (κ1) is 14.5. The highest BCUT2D eigenvalue weighted by molar-refractivity contribution is 5.95. The van der Waals surface area contributed by atoms with Crippen LogP contribution in [-0.2, 0) is 14.3 Å². The number of piperazine rings is 1. The molecule has 2 rings (SSSR count). The normalized spacial score (nSPS) is 20.7. The molecule has 2 amide bonds. The number of ether oxygens (including phenoxy) is 1. The summed E-state index contributed by atoms with van der Waals surface area (Å²) in [5.74, 6) is -0.218. The lowest BCUT2D eigenvalue weighted by molar-refractivity contribution is -0.147. The van der Waals surface area contributed by atoms with Crippen LogP contribution in [0.25, 0.3) is 0 Å². The Balaban J connectivity index is 2.23. The monoisotopic (exact) mass is 276 g/mol. The third-order valence-electron chi connectivity index (χ3n) is 3.31. The molecule has 108 valence electrons. The van der Waals surface area contributed by atoms with Gasteiger partial charge in [-0.2, -0.15) is 0 Å². The molecular formula is C15H20N2O3. The van der Waals surface area contributed by atoms with Gasteiger partial charge in [-0.15, -0.1) is 0 Å². The number of hydrogen-bond acceptors (Lipinski definition) is 3. The van der Waals surface area contributed by atoms with Gasteiger partial charge in [-0.3, -0.25) is 9.59 Å². The Morgan fingerprint density at radius 1 is 1.35 bits per heavy atom. The first-order valence-electron chi connectivity index (χ1n) is 6.87. The average Bonchev–Trinajstić information content (AvgIpc) is 2.44. The van der Waals surface area contributed by atoms with Crippen LogP contribution in [0.15, 0.2) is 30.3 Å². The van der Waals surface area contributed by atoms with Gasteiger partial charge in [0.25, 0.3) is 0 Å². The summed E-state index contributed by atoms with van der Waals surface area (Å²) >= 11 is 0. The van der Waals surface area contributed by atoms with Crippen molar-refractivity contribution in [2.24, 2.45) is 0 Å². The topological polar surface area (TPSA) is 58.6 Å². The number of nitrogens with one attached hydrogen (secondary N) is 1. The largest absolute Gasteiger partial charge is 0.377 e. The summed E-state index contributed by atoms with van der Waals surface area (Å²) in [5, 5.41) is 2.64. The minimum Gasteiger partial charge on any atom is -0.377 e. The number of rotatable bonds is 5. The zero-order valence-corrected chi connectivity index (χ0v) is 11.8.